The van der Waals surface area contributed by atoms with Crippen LogP contribution in [0.15, 0.2) is 62.7 Å². The lowest BCUT2D eigenvalue weighted by Crippen LogP contribution is -2.00. The molecule has 0 radical (unpaired) electrons. The standard InChI is InChI=1S/C20H18BrN5O2S/c1-3-27-17-10-8-16(9-11-17)26-19(14-4-6-15(21)7-5-14)23-24-20(26)29-12-18-22-13(2)25-28-18/h4-11H,3,12H2,1-2H3. The topological polar surface area (TPSA) is 78.9 Å². The van der Waals surface area contributed by atoms with Gasteiger partial charge in [0.25, 0.3) is 0 Å². The number of hydrogen-bond acceptors (Lipinski definition) is 7. The molecule has 0 unspecified atom stereocenters. The van der Waals surface area contributed by atoms with Crippen LogP contribution in [0.2, 0.25) is 0 Å². The van der Waals surface area contributed by atoms with Gasteiger partial charge in [-0.05, 0) is 50.2 Å². The summed E-state index contributed by atoms with van der Waals surface area (Å²) in [6, 6.07) is 15.9. The first-order chi connectivity index (χ1) is 14.1. The van der Waals surface area contributed by atoms with Crippen LogP contribution < -0.4 is 4.74 Å². The van der Waals surface area contributed by atoms with Gasteiger partial charge in [-0.25, -0.2) is 0 Å². The molecule has 2 aromatic heterocycles. The summed E-state index contributed by atoms with van der Waals surface area (Å²) < 4.78 is 13.8. The van der Waals surface area contributed by atoms with Crippen molar-refractivity contribution in [1.82, 2.24) is 24.9 Å². The fourth-order valence-electron chi connectivity index (χ4n) is 2.77. The van der Waals surface area contributed by atoms with Gasteiger partial charge in [-0.1, -0.05) is 45.0 Å². The molecule has 0 amide bonds. The third-order valence-electron chi connectivity index (χ3n) is 4.04. The van der Waals surface area contributed by atoms with Crippen LogP contribution in [0.1, 0.15) is 18.6 Å². The van der Waals surface area contributed by atoms with E-state index in [0.717, 1.165) is 32.5 Å². The molecule has 7 nitrogen and oxygen atoms in total. The maximum Gasteiger partial charge on any atom is 0.237 e. The van der Waals surface area contributed by atoms with E-state index in [1.807, 2.05) is 60.0 Å². The average molecular weight is 472 g/mol. The van der Waals surface area contributed by atoms with Gasteiger partial charge in [0.2, 0.25) is 5.89 Å². The molecule has 0 fully saturated rings. The Morgan fingerprint density at radius 3 is 2.48 bits per heavy atom. The fourth-order valence-corrected chi connectivity index (χ4v) is 3.82. The normalized spacial score (nSPS) is 11.0. The Morgan fingerprint density at radius 2 is 1.83 bits per heavy atom. The zero-order chi connectivity index (χ0) is 20.2. The summed E-state index contributed by atoms with van der Waals surface area (Å²) in [7, 11) is 0. The molecule has 0 aliphatic rings. The number of thioether (sulfide) groups is 1. The van der Waals surface area contributed by atoms with E-state index in [4.69, 9.17) is 9.26 Å². The highest BCUT2D eigenvalue weighted by Gasteiger charge is 2.17. The first-order valence-corrected chi connectivity index (χ1v) is 10.8. The highest BCUT2D eigenvalue weighted by atomic mass is 79.9. The van der Waals surface area contributed by atoms with Crippen LogP contribution in [0, 0.1) is 6.92 Å². The molecule has 0 spiro atoms. The van der Waals surface area contributed by atoms with E-state index in [-0.39, 0.29) is 0 Å². The number of rotatable bonds is 7. The molecule has 0 saturated carbocycles. The van der Waals surface area contributed by atoms with Crippen molar-refractivity contribution in [2.24, 2.45) is 0 Å². The number of halogens is 1. The molecule has 2 heterocycles. The number of aryl methyl sites for hydroxylation is 1. The third kappa shape index (κ3) is 4.51. The van der Waals surface area contributed by atoms with Crippen LogP contribution in [0.4, 0.5) is 0 Å². The Hall–Kier alpha value is -2.65. The molecule has 4 rings (SSSR count). The van der Waals surface area contributed by atoms with Crippen LogP contribution in [0.3, 0.4) is 0 Å². The zero-order valence-electron chi connectivity index (χ0n) is 15.9. The first kappa shape index (κ1) is 19.7. The van der Waals surface area contributed by atoms with Crippen LogP contribution in [-0.4, -0.2) is 31.5 Å². The molecule has 0 aliphatic carbocycles. The summed E-state index contributed by atoms with van der Waals surface area (Å²) in [4.78, 5) is 4.26. The maximum absolute atomic E-state index is 5.57. The minimum absolute atomic E-state index is 0.510. The molecule has 0 aliphatic heterocycles. The van der Waals surface area contributed by atoms with Crippen molar-refractivity contribution in [3.8, 4) is 22.8 Å². The second-order valence-corrected chi connectivity index (χ2v) is 7.96. The van der Waals surface area contributed by atoms with Gasteiger partial charge in [0, 0.05) is 15.7 Å². The molecule has 0 bridgehead atoms. The minimum atomic E-state index is 0.510. The molecule has 9 heteroatoms. The predicted molar refractivity (Wildman–Crippen MR) is 114 cm³/mol. The average Bonchev–Trinajstić information content (AvgIpc) is 3.34. The smallest absolute Gasteiger partial charge is 0.237 e. The molecule has 148 valence electrons. The van der Waals surface area contributed by atoms with Crippen molar-refractivity contribution in [3.63, 3.8) is 0 Å². The van der Waals surface area contributed by atoms with Crippen molar-refractivity contribution in [2.75, 3.05) is 6.61 Å². The second-order valence-electron chi connectivity index (χ2n) is 6.10. The van der Waals surface area contributed by atoms with E-state index >= 15 is 0 Å². The highest BCUT2D eigenvalue weighted by molar-refractivity contribution is 9.10. The van der Waals surface area contributed by atoms with Crippen molar-refractivity contribution < 1.29 is 9.26 Å². The minimum Gasteiger partial charge on any atom is -0.494 e. The van der Waals surface area contributed by atoms with Gasteiger partial charge < -0.3 is 9.26 Å². The predicted octanol–water partition coefficient (Wildman–Crippen LogP) is 5.08. The zero-order valence-corrected chi connectivity index (χ0v) is 18.3. The third-order valence-corrected chi connectivity index (χ3v) is 5.48. The Bertz CT molecular complexity index is 1090. The molecule has 0 N–H and O–H groups in total. The van der Waals surface area contributed by atoms with E-state index in [9.17, 15) is 0 Å². The largest absolute Gasteiger partial charge is 0.494 e. The van der Waals surface area contributed by atoms with Gasteiger partial charge in [0.05, 0.1) is 12.4 Å². The molecule has 0 atom stereocenters. The van der Waals surface area contributed by atoms with Gasteiger partial charge in [-0.2, -0.15) is 4.98 Å². The van der Waals surface area contributed by atoms with Gasteiger partial charge in [-0.15, -0.1) is 10.2 Å². The summed E-state index contributed by atoms with van der Waals surface area (Å²) in [6.07, 6.45) is 0. The SMILES string of the molecule is CCOc1ccc(-n2c(SCc3nc(C)no3)nnc2-c2ccc(Br)cc2)cc1. The lowest BCUT2D eigenvalue weighted by molar-refractivity contribution is 0.340. The number of ether oxygens (including phenoxy) is 1. The lowest BCUT2D eigenvalue weighted by Gasteiger charge is -2.11. The molecule has 4 aromatic rings. The van der Waals surface area contributed by atoms with Crippen molar-refractivity contribution in [1.29, 1.82) is 0 Å². The lowest BCUT2D eigenvalue weighted by atomic mass is 10.2. The quantitative estimate of drug-likeness (QED) is 0.347. The van der Waals surface area contributed by atoms with Crippen LogP contribution in [0.25, 0.3) is 17.1 Å². The highest BCUT2D eigenvalue weighted by Crippen LogP contribution is 2.30. The van der Waals surface area contributed by atoms with Gasteiger partial charge in [-0.3, -0.25) is 4.57 Å². The summed E-state index contributed by atoms with van der Waals surface area (Å²) in [5.74, 6) is 3.26. The van der Waals surface area contributed by atoms with Gasteiger partial charge >= 0.3 is 0 Å². The van der Waals surface area contributed by atoms with Crippen molar-refractivity contribution in [3.05, 3.63) is 64.7 Å². The fraction of sp³-hybridized carbons (Fsp3) is 0.200. The first-order valence-electron chi connectivity index (χ1n) is 9.00. The Morgan fingerprint density at radius 1 is 1.07 bits per heavy atom. The second kappa shape index (κ2) is 8.79. The van der Waals surface area contributed by atoms with Crippen LogP contribution in [0.5, 0.6) is 5.75 Å². The maximum atomic E-state index is 5.57. The Kier molecular flexibility index (Phi) is 5.96. The monoisotopic (exact) mass is 471 g/mol. The summed E-state index contributed by atoms with van der Waals surface area (Å²) in [6.45, 7) is 4.39. The van der Waals surface area contributed by atoms with E-state index in [0.29, 0.717) is 24.1 Å². The van der Waals surface area contributed by atoms with Crippen LogP contribution >= 0.6 is 27.7 Å². The Balaban J connectivity index is 1.71. The van der Waals surface area contributed by atoms with E-state index in [1.54, 1.807) is 6.92 Å². The number of nitrogens with zero attached hydrogens (tertiary/aromatic N) is 5. The van der Waals surface area contributed by atoms with E-state index in [1.165, 1.54) is 11.8 Å². The van der Waals surface area contributed by atoms with E-state index < -0.39 is 0 Å². The summed E-state index contributed by atoms with van der Waals surface area (Å²) >= 11 is 4.97. The van der Waals surface area contributed by atoms with Gasteiger partial charge in [0.1, 0.15) is 5.75 Å². The molecular formula is C20H18BrN5O2S. The van der Waals surface area contributed by atoms with Crippen molar-refractivity contribution in [2.45, 2.75) is 24.8 Å². The summed E-state index contributed by atoms with van der Waals surface area (Å²) in [5.41, 5.74) is 1.91. The van der Waals surface area contributed by atoms with E-state index in [2.05, 4.69) is 36.3 Å². The van der Waals surface area contributed by atoms with Crippen molar-refractivity contribution >= 4 is 27.7 Å². The summed E-state index contributed by atoms with van der Waals surface area (Å²) in [5, 5.41) is 13.4. The van der Waals surface area contributed by atoms with Gasteiger partial charge in [0.15, 0.2) is 16.8 Å². The molecule has 2 aromatic carbocycles. The molecule has 29 heavy (non-hydrogen) atoms. The number of aromatic nitrogens is 5. The van der Waals surface area contributed by atoms with Crippen LogP contribution in [-0.2, 0) is 5.75 Å². The molecular weight excluding hydrogens is 454 g/mol. The molecule has 0 saturated heterocycles. The number of hydrogen-bond donors (Lipinski definition) is 0. The Labute approximate surface area is 180 Å². The number of benzene rings is 2.